The van der Waals surface area contributed by atoms with Crippen molar-refractivity contribution in [2.24, 2.45) is 13.0 Å². The van der Waals surface area contributed by atoms with Crippen molar-refractivity contribution in [2.45, 2.75) is 58.1 Å². The van der Waals surface area contributed by atoms with Crippen LogP contribution in [0.1, 0.15) is 44.5 Å². The van der Waals surface area contributed by atoms with Gasteiger partial charge in [-0.05, 0) is 51.6 Å². The van der Waals surface area contributed by atoms with Crippen LogP contribution in [-0.4, -0.2) is 35.6 Å². The van der Waals surface area contributed by atoms with Crippen molar-refractivity contribution >= 4 is 0 Å². The van der Waals surface area contributed by atoms with Crippen molar-refractivity contribution in [2.75, 3.05) is 13.7 Å². The molecule has 1 atom stereocenters. The van der Waals surface area contributed by atoms with E-state index in [0.29, 0.717) is 12.1 Å². The van der Waals surface area contributed by atoms with Crippen LogP contribution >= 0.6 is 0 Å². The van der Waals surface area contributed by atoms with Crippen molar-refractivity contribution in [1.82, 2.24) is 15.1 Å². The summed E-state index contributed by atoms with van der Waals surface area (Å²) in [5.74, 6) is 0.822. The Balaban J connectivity index is 1.82. The minimum atomic E-state index is 0.519. The van der Waals surface area contributed by atoms with E-state index < -0.39 is 0 Å². The molecule has 1 fully saturated rings. The van der Waals surface area contributed by atoms with E-state index in [4.69, 9.17) is 4.74 Å². The highest BCUT2D eigenvalue weighted by atomic mass is 16.5. The van der Waals surface area contributed by atoms with E-state index in [2.05, 4.69) is 44.4 Å². The SMILES string of the molecule is CCOC1CC(CC(Cc2cc(CC)nn2C)NC)C1. The summed E-state index contributed by atoms with van der Waals surface area (Å²) in [5.41, 5.74) is 2.53. The van der Waals surface area contributed by atoms with Gasteiger partial charge in [0.25, 0.3) is 0 Å². The van der Waals surface area contributed by atoms with E-state index in [1.807, 2.05) is 4.68 Å². The summed E-state index contributed by atoms with van der Waals surface area (Å²) in [6.45, 7) is 5.09. The van der Waals surface area contributed by atoms with Crippen LogP contribution in [0.4, 0.5) is 0 Å². The average molecular weight is 279 g/mol. The second-order valence-electron chi connectivity index (χ2n) is 5.94. The number of nitrogens with one attached hydrogen (secondary N) is 1. The van der Waals surface area contributed by atoms with Crippen molar-refractivity contribution in [3.05, 3.63) is 17.5 Å². The molecule has 1 heterocycles. The summed E-state index contributed by atoms with van der Waals surface area (Å²) in [4.78, 5) is 0. The molecule has 20 heavy (non-hydrogen) atoms. The van der Waals surface area contributed by atoms with Crippen molar-refractivity contribution in [3.63, 3.8) is 0 Å². The zero-order chi connectivity index (χ0) is 14.5. The normalized spacial score (nSPS) is 23.6. The topological polar surface area (TPSA) is 39.1 Å². The molecule has 2 rings (SSSR count). The Labute approximate surface area is 122 Å². The molecule has 0 saturated heterocycles. The van der Waals surface area contributed by atoms with Gasteiger partial charge in [0.1, 0.15) is 0 Å². The highest BCUT2D eigenvalue weighted by Gasteiger charge is 2.31. The number of aromatic nitrogens is 2. The van der Waals surface area contributed by atoms with Gasteiger partial charge in [-0.2, -0.15) is 5.10 Å². The molecule has 1 aromatic rings. The highest BCUT2D eigenvalue weighted by Crippen LogP contribution is 2.34. The average Bonchev–Trinajstić information content (AvgIpc) is 2.75. The fraction of sp³-hybridized carbons (Fsp3) is 0.812. The van der Waals surface area contributed by atoms with E-state index in [9.17, 15) is 0 Å². The predicted octanol–water partition coefficient (Wildman–Crippen LogP) is 2.32. The Morgan fingerprint density at radius 1 is 1.45 bits per heavy atom. The second kappa shape index (κ2) is 7.23. The Bertz CT molecular complexity index is 410. The number of rotatable bonds is 8. The number of hydrogen-bond acceptors (Lipinski definition) is 3. The van der Waals surface area contributed by atoms with Gasteiger partial charge in [0.15, 0.2) is 0 Å². The maximum atomic E-state index is 5.64. The molecule has 0 aliphatic heterocycles. The number of aryl methyl sites for hydroxylation is 2. The first-order valence-corrected chi connectivity index (χ1v) is 7.96. The number of hydrogen-bond donors (Lipinski definition) is 1. The van der Waals surface area contributed by atoms with Gasteiger partial charge in [0.05, 0.1) is 11.8 Å². The van der Waals surface area contributed by atoms with Crippen LogP contribution in [0.25, 0.3) is 0 Å². The summed E-state index contributed by atoms with van der Waals surface area (Å²) in [6.07, 6.45) is 6.31. The van der Waals surface area contributed by atoms with Gasteiger partial charge in [-0.25, -0.2) is 0 Å². The van der Waals surface area contributed by atoms with Crippen LogP contribution in [0.3, 0.4) is 0 Å². The summed E-state index contributed by atoms with van der Waals surface area (Å²) >= 11 is 0. The molecule has 1 saturated carbocycles. The molecule has 1 aliphatic carbocycles. The van der Waals surface area contributed by atoms with Gasteiger partial charge in [-0.3, -0.25) is 4.68 Å². The Kier molecular flexibility index (Phi) is 5.61. The minimum absolute atomic E-state index is 0.519. The molecule has 4 heteroatoms. The van der Waals surface area contributed by atoms with Crippen LogP contribution in [0.2, 0.25) is 0 Å². The number of ether oxygens (including phenoxy) is 1. The summed E-state index contributed by atoms with van der Waals surface area (Å²) in [5, 5.41) is 8.00. The second-order valence-corrected chi connectivity index (χ2v) is 5.94. The van der Waals surface area contributed by atoms with Gasteiger partial charge >= 0.3 is 0 Å². The first-order valence-electron chi connectivity index (χ1n) is 7.96. The van der Waals surface area contributed by atoms with Crippen LogP contribution < -0.4 is 5.32 Å². The van der Waals surface area contributed by atoms with Gasteiger partial charge in [0, 0.05) is 31.8 Å². The van der Waals surface area contributed by atoms with E-state index >= 15 is 0 Å². The third-order valence-electron chi connectivity index (χ3n) is 4.47. The first kappa shape index (κ1) is 15.5. The zero-order valence-corrected chi connectivity index (χ0v) is 13.4. The Morgan fingerprint density at radius 3 is 2.75 bits per heavy atom. The summed E-state index contributed by atoms with van der Waals surface area (Å²) in [7, 11) is 4.12. The molecule has 0 amide bonds. The molecule has 114 valence electrons. The summed E-state index contributed by atoms with van der Waals surface area (Å²) in [6, 6.07) is 2.79. The zero-order valence-electron chi connectivity index (χ0n) is 13.4. The maximum absolute atomic E-state index is 5.64. The van der Waals surface area contributed by atoms with Crippen molar-refractivity contribution < 1.29 is 4.74 Å². The standard InChI is InChI=1S/C16H29N3O/c1-5-13-10-15(19(4)18-13)11-14(17-3)7-12-8-16(9-12)20-6-2/h10,12,14,16-17H,5-9,11H2,1-4H3. The lowest BCUT2D eigenvalue weighted by Gasteiger charge is -2.37. The largest absolute Gasteiger partial charge is 0.378 e. The molecule has 0 bridgehead atoms. The van der Waals surface area contributed by atoms with E-state index in [1.54, 1.807) is 0 Å². The molecular formula is C16H29N3O. The van der Waals surface area contributed by atoms with Crippen LogP contribution in [0.5, 0.6) is 0 Å². The quantitative estimate of drug-likeness (QED) is 0.794. The molecule has 0 spiro atoms. The van der Waals surface area contributed by atoms with Gasteiger partial charge in [-0.15, -0.1) is 0 Å². The molecule has 1 unspecified atom stereocenters. The van der Waals surface area contributed by atoms with Crippen LogP contribution in [0, 0.1) is 5.92 Å². The maximum Gasteiger partial charge on any atom is 0.0624 e. The monoisotopic (exact) mass is 279 g/mol. The van der Waals surface area contributed by atoms with Gasteiger partial charge in [-0.1, -0.05) is 6.92 Å². The van der Waals surface area contributed by atoms with E-state index in [0.717, 1.165) is 25.4 Å². The van der Waals surface area contributed by atoms with Crippen molar-refractivity contribution in [1.29, 1.82) is 0 Å². The Morgan fingerprint density at radius 2 is 2.20 bits per heavy atom. The highest BCUT2D eigenvalue weighted by molar-refractivity contribution is 5.11. The lowest BCUT2D eigenvalue weighted by Crippen LogP contribution is -2.38. The Hall–Kier alpha value is -0.870. The predicted molar refractivity (Wildman–Crippen MR) is 81.9 cm³/mol. The summed E-state index contributed by atoms with van der Waals surface area (Å²) < 4.78 is 7.68. The van der Waals surface area contributed by atoms with Gasteiger partial charge < -0.3 is 10.1 Å². The minimum Gasteiger partial charge on any atom is -0.378 e. The fourth-order valence-electron chi connectivity index (χ4n) is 3.13. The first-order chi connectivity index (χ1) is 9.66. The van der Waals surface area contributed by atoms with Crippen LogP contribution in [0.15, 0.2) is 6.07 Å². The fourth-order valence-corrected chi connectivity index (χ4v) is 3.13. The number of likely N-dealkylation sites (N-methyl/N-ethyl adjacent to an activating group) is 1. The molecule has 1 aromatic heterocycles. The van der Waals surface area contributed by atoms with E-state index in [-0.39, 0.29) is 0 Å². The third kappa shape index (κ3) is 3.83. The molecule has 4 nitrogen and oxygen atoms in total. The lowest BCUT2D eigenvalue weighted by atomic mass is 9.77. The molecule has 0 aromatic carbocycles. The van der Waals surface area contributed by atoms with Crippen LogP contribution in [-0.2, 0) is 24.6 Å². The van der Waals surface area contributed by atoms with E-state index in [1.165, 1.54) is 30.7 Å². The lowest BCUT2D eigenvalue weighted by molar-refractivity contribution is -0.0288. The molecule has 0 radical (unpaired) electrons. The molecule has 1 aliphatic rings. The van der Waals surface area contributed by atoms with Crippen molar-refractivity contribution in [3.8, 4) is 0 Å². The smallest absolute Gasteiger partial charge is 0.0624 e. The number of nitrogens with zero attached hydrogens (tertiary/aromatic N) is 2. The van der Waals surface area contributed by atoms with Gasteiger partial charge in [0.2, 0.25) is 0 Å². The molecular weight excluding hydrogens is 250 g/mol. The third-order valence-corrected chi connectivity index (χ3v) is 4.47. The molecule has 1 N–H and O–H groups in total.